The molecule has 0 amide bonds. The first-order valence-corrected chi connectivity index (χ1v) is 7.72. The van der Waals surface area contributed by atoms with E-state index in [1.807, 2.05) is 17.7 Å². The molecule has 0 aliphatic carbocycles. The maximum atomic E-state index is 6.23. The maximum absolute atomic E-state index is 6.23. The third kappa shape index (κ3) is 3.25. The number of hydrogen-bond donors (Lipinski definition) is 0. The molecule has 102 valence electrons. The van der Waals surface area contributed by atoms with E-state index in [1.165, 1.54) is 0 Å². The van der Waals surface area contributed by atoms with Gasteiger partial charge in [0.15, 0.2) is 5.82 Å². The van der Waals surface area contributed by atoms with Crippen LogP contribution in [0.1, 0.15) is 26.5 Å². The Morgan fingerprint density at radius 1 is 1.37 bits per heavy atom. The molecule has 0 radical (unpaired) electrons. The molecule has 0 aliphatic rings. The molecule has 19 heavy (non-hydrogen) atoms. The first-order valence-electron chi connectivity index (χ1n) is 6.27. The summed E-state index contributed by atoms with van der Waals surface area (Å²) in [5.74, 6) is 1.18. The molecule has 0 atom stereocenters. The molecule has 0 fully saturated rings. The van der Waals surface area contributed by atoms with Gasteiger partial charge in [0.05, 0.1) is 9.26 Å². The minimum absolute atomic E-state index is 0.519. The fourth-order valence-corrected chi connectivity index (χ4v) is 2.52. The lowest BCUT2D eigenvalue weighted by Crippen LogP contribution is -2.07. The molecule has 2 rings (SSSR count). The van der Waals surface area contributed by atoms with Crippen molar-refractivity contribution in [3.05, 3.63) is 26.7 Å². The minimum Gasteiger partial charge on any atom is -0.262 e. The summed E-state index contributed by atoms with van der Waals surface area (Å²) in [6.45, 7) is 7.17. The number of rotatable bonds is 4. The molecule has 0 N–H and O–H groups in total. The lowest BCUT2D eigenvalue weighted by atomic mass is 10.1. The van der Waals surface area contributed by atoms with Crippen molar-refractivity contribution < 1.29 is 0 Å². The highest BCUT2D eigenvalue weighted by molar-refractivity contribution is 14.1. The maximum Gasteiger partial charge on any atom is 0.179 e. The van der Waals surface area contributed by atoms with Crippen molar-refractivity contribution in [3.8, 4) is 11.5 Å². The molecule has 0 bridgehead atoms. The molecule has 6 heteroatoms. The average molecular weight is 391 g/mol. The third-order valence-electron chi connectivity index (χ3n) is 2.73. The van der Waals surface area contributed by atoms with E-state index in [1.54, 1.807) is 6.20 Å². The molecule has 2 heterocycles. The minimum atomic E-state index is 0.519. The predicted molar refractivity (Wildman–Crippen MR) is 85.2 cm³/mol. The summed E-state index contributed by atoms with van der Waals surface area (Å²) < 4.78 is 2.82. The third-order valence-corrected chi connectivity index (χ3v) is 4.45. The second-order valence-corrected chi connectivity index (χ2v) is 6.17. The van der Waals surface area contributed by atoms with Crippen LogP contribution in [-0.2, 0) is 13.0 Å². The summed E-state index contributed by atoms with van der Waals surface area (Å²) in [7, 11) is 0. The molecule has 0 saturated carbocycles. The van der Waals surface area contributed by atoms with Gasteiger partial charge in [0.1, 0.15) is 10.8 Å². The van der Waals surface area contributed by atoms with E-state index in [0.717, 1.165) is 27.9 Å². The van der Waals surface area contributed by atoms with Crippen LogP contribution < -0.4 is 0 Å². The zero-order valence-electron chi connectivity index (χ0n) is 11.2. The van der Waals surface area contributed by atoms with Crippen LogP contribution in [0, 0.1) is 9.49 Å². The molecule has 0 aromatic carbocycles. The first-order chi connectivity index (χ1) is 9.02. The van der Waals surface area contributed by atoms with Gasteiger partial charge in [-0.3, -0.25) is 4.68 Å². The normalized spacial score (nSPS) is 11.3. The number of halogens is 2. The van der Waals surface area contributed by atoms with Crippen molar-refractivity contribution in [2.45, 2.75) is 33.7 Å². The SMILES string of the molecule is CCn1nccc1-c1nc(Cl)c(I)c(CC(C)C)n1. The largest absolute Gasteiger partial charge is 0.262 e. The Bertz CT molecular complexity index is 580. The van der Waals surface area contributed by atoms with Gasteiger partial charge >= 0.3 is 0 Å². The van der Waals surface area contributed by atoms with Crippen molar-refractivity contribution in [3.63, 3.8) is 0 Å². The van der Waals surface area contributed by atoms with Crippen LogP contribution >= 0.6 is 34.2 Å². The molecular weight excluding hydrogens is 375 g/mol. The highest BCUT2D eigenvalue weighted by atomic mass is 127. The van der Waals surface area contributed by atoms with Gasteiger partial charge in [-0.25, -0.2) is 9.97 Å². The van der Waals surface area contributed by atoms with E-state index in [-0.39, 0.29) is 0 Å². The average Bonchev–Trinajstić information content (AvgIpc) is 2.82. The summed E-state index contributed by atoms with van der Waals surface area (Å²) in [4.78, 5) is 9.04. The van der Waals surface area contributed by atoms with Gasteiger partial charge in [0.2, 0.25) is 0 Å². The highest BCUT2D eigenvalue weighted by Gasteiger charge is 2.15. The van der Waals surface area contributed by atoms with Crippen LogP contribution in [0.4, 0.5) is 0 Å². The summed E-state index contributed by atoms with van der Waals surface area (Å²) in [5, 5.41) is 4.76. The van der Waals surface area contributed by atoms with Gasteiger partial charge in [0, 0.05) is 12.7 Å². The van der Waals surface area contributed by atoms with Crippen LogP contribution in [0.25, 0.3) is 11.5 Å². The summed E-state index contributed by atoms with van der Waals surface area (Å²) >= 11 is 8.44. The van der Waals surface area contributed by atoms with E-state index in [0.29, 0.717) is 16.9 Å². The van der Waals surface area contributed by atoms with Gasteiger partial charge in [-0.2, -0.15) is 5.10 Å². The summed E-state index contributed by atoms with van der Waals surface area (Å²) in [6, 6.07) is 1.92. The molecule has 4 nitrogen and oxygen atoms in total. The highest BCUT2D eigenvalue weighted by Crippen LogP contribution is 2.25. The molecular formula is C13H16ClIN4. The van der Waals surface area contributed by atoms with Crippen LogP contribution in [0.2, 0.25) is 5.15 Å². The van der Waals surface area contributed by atoms with Gasteiger partial charge in [-0.1, -0.05) is 25.4 Å². The Morgan fingerprint density at radius 3 is 2.74 bits per heavy atom. The van der Waals surface area contributed by atoms with Crippen LogP contribution in [0.5, 0.6) is 0 Å². The summed E-state index contributed by atoms with van der Waals surface area (Å²) in [6.07, 6.45) is 2.66. The lowest BCUT2D eigenvalue weighted by Gasteiger charge is -2.10. The second kappa shape index (κ2) is 6.17. The zero-order valence-corrected chi connectivity index (χ0v) is 14.1. The molecule has 0 spiro atoms. The Morgan fingerprint density at radius 2 is 2.11 bits per heavy atom. The fourth-order valence-electron chi connectivity index (χ4n) is 1.87. The number of aromatic nitrogens is 4. The summed E-state index contributed by atoms with van der Waals surface area (Å²) in [5.41, 5.74) is 1.92. The van der Waals surface area contributed by atoms with Crippen LogP contribution in [0.15, 0.2) is 12.3 Å². The topological polar surface area (TPSA) is 43.6 Å². The molecule has 2 aromatic rings. The fraction of sp³-hybridized carbons (Fsp3) is 0.462. The zero-order chi connectivity index (χ0) is 14.0. The van der Waals surface area contributed by atoms with Crippen molar-refractivity contribution in [1.29, 1.82) is 0 Å². The molecule has 2 aromatic heterocycles. The van der Waals surface area contributed by atoms with Gasteiger partial charge in [0.25, 0.3) is 0 Å². The van der Waals surface area contributed by atoms with Gasteiger partial charge in [-0.15, -0.1) is 0 Å². The number of aryl methyl sites for hydroxylation is 1. The first kappa shape index (κ1) is 14.7. The second-order valence-electron chi connectivity index (χ2n) is 4.73. The van der Waals surface area contributed by atoms with E-state index in [2.05, 4.69) is 51.5 Å². The molecule has 0 unspecified atom stereocenters. The Kier molecular flexibility index (Phi) is 4.78. The van der Waals surface area contributed by atoms with Crippen molar-refractivity contribution >= 4 is 34.2 Å². The lowest BCUT2D eigenvalue weighted by molar-refractivity contribution is 0.629. The Labute approximate surface area is 131 Å². The number of hydrogen-bond acceptors (Lipinski definition) is 3. The van der Waals surface area contributed by atoms with Crippen molar-refractivity contribution in [2.24, 2.45) is 5.92 Å². The van der Waals surface area contributed by atoms with Crippen LogP contribution in [0.3, 0.4) is 0 Å². The van der Waals surface area contributed by atoms with E-state index in [9.17, 15) is 0 Å². The quantitative estimate of drug-likeness (QED) is 0.589. The predicted octanol–water partition coefficient (Wildman–Crippen LogP) is 3.82. The monoisotopic (exact) mass is 390 g/mol. The number of nitrogens with zero attached hydrogens (tertiary/aromatic N) is 4. The van der Waals surface area contributed by atoms with Gasteiger partial charge in [-0.05, 0) is 47.9 Å². The van der Waals surface area contributed by atoms with Crippen molar-refractivity contribution in [2.75, 3.05) is 0 Å². The Balaban J connectivity index is 2.50. The molecule has 0 saturated heterocycles. The smallest absolute Gasteiger partial charge is 0.179 e. The van der Waals surface area contributed by atoms with Crippen LogP contribution in [-0.4, -0.2) is 19.7 Å². The molecule has 0 aliphatic heterocycles. The standard InChI is InChI=1S/C13H16ClIN4/c1-4-19-10(5-6-16-19)13-17-9(7-8(2)3)11(15)12(14)18-13/h5-6,8H,4,7H2,1-3H3. The van der Waals surface area contributed by atoms with Crippen molar-refractivity contribution in [1.82, 2.24) is 19.7 Å². The Hall–Kier alpha value is -0.690. The van der Waals surface area contributed by atoms with E-state index < -0.39 is 0 Å². The van der Waals surface area contributed by atoms with E-state index >= 15 is 0 Å². The van der Waals surface area contributed by atoms with Gasteiger partial charge < -0.3 is 0 Å². The van der Waals surface area contributed by atoms with E-state index in [4.69, 9.17) is 11.6 Å².